The Bertz CT molecular complexity index is 487. The maximum absolute atomic E-state index is 11.7. The molecule has 0 aromatic heterocycles. The molecule has 0 spiro atoms. The van der Waals surface area contributed by atoms with Crippen LogP contribution in [-0.4, -0.2) is 24.0 Å². The van der Waals surface area contributed by atoms with Gasteiger partial charge in [0.1, 0.15) is 0 Å². The molecule has 0 amide bonds. The highest BCUT2D eigenvalue weighted by Gasteiger charge is 2.13. The largest absolute Gasteiger partial charge is 0.322 e. The van der Waals surface area contributed by atoms with E-state index in [-0.39, 0.29) is 5.56 Å². The van der Waals surface area contributed by atoms with Crippen LogP contribution in [0.3, 0.4) is 0 Å². The molecule has 1 heterocycles. The Hall–Kier alpha value is -1.61. The van der Waals surface area contributed by atoms with E-state index in [0.717, 1.165) is 16.8 Å². The lowest BCUT2D eigenvalue weighted by atomic mass is 10.1. The molecule has 15 heavy (non-hydrogen) atoms. The van der Waals surface area contributed by atoms with Crippen molar-refractivity contribution in [1.29, 1.82) is 0 Å². The van der Waals surface area contributed by atoms with Gasteiger partial charge in [-0.05, 0) is 20.2 Å². The van der Waals surface area contributed by atoms with Crippen LogP contribution in [0.4, 0.5) is 0 Å². The highest BCUT2D eigenvalue weighted by molar-refractivity contribution is 5.64. The van der Waals surface area contributed by atoms with Gasteiger partial charge in [-0.1, -0.05) is 24.3 Å². The van der Waals surface area contributed by atoms with Crippen LogP contribution in [0.15, 0.2) is 35.1 Å². The zero-order valence-corrected chi connectivity index (χ0v) is 8.95. The Labute approximate surface area is 88.7 Å². The second-order valence-corrected chi connectivity index (χ2v) is 3.91. The Kier molecular flexibility index (Phi) is 2.56. The summed E-state index contributed by atoms with van der Waals surface area (Å²) in [4.78, 5) is 16.6. The van der Waals surface area contributed by atoms with E-state index in [1.807, 2.05) is 49.3 Å². The first kappa shape index (κ1) is 9.93. The summed E-state index contributed by atoms with van der Waals surface area (Å²) in [6.45, 7) is 0.669. The molecule has 0 saturated carbocycles. The van der Waals surface area contributed by atoms with E-state index in [1.165, 1.54) is 0 Å². The van der Waals surface area contributed by atoms with Gasteiger partial charge in [-0.15, -0.1) is 0 Å². The van der Waals surface area contributed by atoms with Crippen LogP contribution < -0.4 is 5.56 Å². The van der Waals surface area contributed by atoms with Gasteiger partial charge in [0.15, 0.2) is 0 Å². The molecule has 2 rings (SSSR count). The summed E-state index contributed by atoms with van der Waals surface area (Å²) in [7, 11) is 3.92. The van der Waals surface area contributed by atoms with Gasteiger partial charge in [0, 0.05) is 23.4 Å². The molecule has 0 fully saturated rings. The van der Waals surface area contributed by atoms with E-state index in [1.54, 1.807) is 0 Å². The first-order valence-corrected chi connectivity index (χ1v) is 4.93. The summed E-state index contributed by atoms with van der Waals surface area (Å²) >= 11 is 0. The zero-order chi connectivity index (χ0) is 10.8. The fourth-order valence-electron chi connectivity index (χ4n) is 1.71. The van der Waals surface area contributed by atoms with Gasteiger partial charge in [-0.25, -0.2) is 0 Å². The third-order valence-electron chi connectivity index (χ3n) is 2.36. The van der Waals surface area contributed by atoms with Gasteiger partial charge in [0.25, 0.3) is 5.56 Å². The van der Waals surface area contributed by atoms with Crippen molar-refractivity contribution >= 4 is 0 Å². The first-order valence-electron chi connectivity index (χ1n) is 4.93. The Morgan fingerprint density at radius 2 is 1.93 bits per heavy atom. The predicted molar refractivity (Wildman–Crippen MR) is 61.1 cm³/mol. The molecular formula is C12H14N2O. The molecule has 0 unspecified atom stereocenters. The number of aromatic amines is 1. The van der Waals surface area contributed by atoms with E-state index >= 15 is 0 Å². The Balaban J connectivity index is 2.58. The topological polar surface area (TPSA) is 36.1 Å². The van der Waals surface area contributed by atoms with Crippen LogP contribution in [0.5, 0.6) is 0 Å². The lowest BCUT2D eigenvalue weighted by Gasteiger charge is -2.07. The second-order valence-electron chi connectivity index (χ2n) is 3.91. The van der Waals surface area contributed by atoms with E-state index in [9.17, 15) is 4.79 Å². The number of hydrogen-bond donors (Lipinski definition) is 1. The highest BCUT2D eigenvalue weighted by atomic mass is 16.1. The van der Waals surface area contributed by atoms with Crippen LogP contribution in [0, 0.1) is 0 Å². The molecule has 3 nitrogen and oxygen atoms in total. The molecule has 0 saturated heterocycles. The quantitative estimate of drug-likeness (QED) is 0.802. The number of nitrogens with zero attached hydrogens (tertiary/aromatic N) is 1. The van der Waals surface area contributed by atoms with Crippen molar-refractivity contribution in [2.45, 2.75) is 6.54 Å². The summed E-state index contributed by atoms with van der Waals surface area (Å²) < 4.78 is 0. The number of nitrogens with one attached hydrogen (secondary N) is 1. The van der Waals surface area contributed by atoms with Crippen molar-refractivity contribution in [2.75, 3.05) is 14.1 Å². The van der Waals surface area contributed by atoms with E-state index in [0.29, 0.717) is 6.54 Å². The molecule has 3 heteroatoms. The average Bonchev–Trinajstić information content (AvgIpc) is 2.39. The van der Waals surface area contributed by atoms with Gasteiger partial charge in [0.2, 0.25) is 0 Å². The monoisotopic (exact) mass is 202 g/mol. The minimum atomic E-state index is 0.0184. The fraction of sp³-hybridized carbons (Fsp3) is 0.250. The predicted octanol–water partition coefficient (Wildman–Crippen LogP) is 1.54. The van der Waals surface area contributed by atoms with Gasteiger partial charge in [-0.2, -0.15) is 0 Å². The van der Waals surface area contributed by atoms with Crippen molar-refractivity contribution in [3.05, 3.63) is 46.2 Å². The van der Waals surface area contributed by atoms with Crippen molar-refractivity contribution in [2.24, 2.45) is 0 Å². The summed E-state index contributed by atoms with van der Waals surface area (Å²) in [5, 5.41) is 0. The maximum atomic E-state index is 11.7. The number of H-pyrrole nitrogens is 1. The van der Waals surface area contributed by atoms with Crippen LogP contribution in [0.1, 0.15) is 5.56 Å². The van der Waals surface area contributed by atoms with Crippen molar-refractivity contribution < 1.29 is 0 Å². The molecule has 1 N–H and O–H groups in total. The molecule has 0 bridgehead atoms. The molecule has 2 aliphatic rings. The lowest BCUT2D eigenvalue weighted by molar-refractivity contribution is 0.402. The van der Waals surface area contributed by atoms with E-state index in [4.69, 9.17) is 0 Å². The van der Waals surface area contributed by atoms with Gasteiger partial charge in [0.05, 0.1) is 0 Å². The SMILES string of the molecule is CN(C)Cc1c2cccccc-2[nH]c1=O. The summed E-state index contributed by atoms with van der Waals surface area (Å²) in [5.41, 5.74) is 2.77. The number of aromatic nitrogens is 1. The first-order chi connectivity index (χ1) is 7.18. The van der Waals surface area contributed by atoms with Crippen molar-refractivity contribution in [3.8, 4) is 11.3 Å². The highest BCUT2D eigenvalue weighted by Crippen LogP contribution is 2.20. The third kappa shape index (κ3) is 1.92. The van der Waals surface area contributed by atoms with Gasteiger partial charge in [-0.3, -0.25) is 4.79 Å². The normalized spacial score (nSPS) is 11.1. The van der Waals surface area contributed by atoms with Crippen LogP contribution >= 0.6 is 0 Å². The minimum absolute atomic E-state index is 0.0184. The van der Waals surface area contributed by atoms with E-state index in [2.05, 4.69) is 4.98 Å². The molecular weight excluding hydrogens is 188 g/mol. The number of rotatable bonds is 2. The lowest BCUT2D eigenvalue weighted by Crippen LogP contribution is -2.16. The van der Waals surface area contributed by atoms with Crippen molar-refractivity contribution in [3.63, 3.8) is 0 Å². The molecule has 78 valence electrons. The van der Waals surface area contributed by atoms with Crippen LogP contribution in [-0.2, 0) is 6.54 Å². The maximum Gasteiger partial charge on any atom is 0.253 e. The number of hydrogen-bond acceptors (Lipinski definition) is 2. The molecule has 0 atom stereocenters. The van der Waals surface area contributed by atoms with E-state index < -0.39 is 0 Å². The molecule has 0 radical (unpaired) electrons. The second kappa shape index (κ2) is 3.87. The summed E-state index contributed by atoms with van der Waals surface area (Å²) in [6, 6.07) is 9.74. The van der Waals surface area contributed by atoms with Crippen molar-refractivity contribution in [1.82, 2.24) is 9.88 Å². The smallest absolute Gasteiger partial charge is 0.253 e. The molecule has 1 aliphatic carbocycles. The Morgan fingerprint density at radius 1 is 1.20 bits per heavy atom. The molecule has 1 aliphatic heterocycles. The third-order valence-corrected chi connectivity index (χ3v) is 2.36. The summed E-state index contributed by atoms with van der Waals surface area (Å²) in [6.07, 6.45) is 0. The average molecular weight is 202 g/mol. The van der Waals surface area contributed by atoms with Crippen LogP contribution in [0.25, 0.3) is 11.3 Å². The zero-order valence-electron chi connectivity index (χ0n) is 8.95. The van der Waals surface area contributed by atoms with Crippen LogP contribution in [0.2, 0.25) is 0 Å². The standard InChI is InChI=1S/C12H14N2O/c1-14(2)8-10-9-6-4-3-5-7-11(9)13-12(10)15/h3-7H,8H2,1-2H3,(H,13,15). The molecule has 0 aromatic carbocycles. The number of fused-ring (bicyclic) bond motifs is 1. The van der Waals surface area contributed by atoms with Gasteiger partial charge < -0.3 is 9.88 Å². The minimum Gasteiger partial charge on any atom is -0.322 e. The molecule has 0 aromatic rings. The van der Waals surface area contributed by atoms with Gasteiger partial charge >= 0.3 is 0 Å². The summed E-state index contributed by atoms with van der Waals surface area (Å²) in [5.74, 6) is 0. The Morgan fingerprint density at radius 3 is 2.67 bits per heavy atom. The fourth-order valence-corrected chi connectivity index (χ4v) is 1.71.